The summed E-state index contributed by atoms with van der Waals surface area (Å²) in [4.78, 5) is 2.23. The van der Waals surface area contributed by atoms with E-state index in [1.54, 1.807) is 22.9 Å². The largest absolute Gasteiger partial charge is 0.438 e. The summed E-state index contributed by atoms with van der Waals surface area (Å²) in [6, 6.07) is 15.8. The van der Waals surface area contributed by atoms with Gasteiger partial charge in [0, 0.05) is 25.7 Å². The summed E-state index contributed by atoms with van der Waals surface area (Å²) in [6.07, 6.45) is 3.46. The SMILES string of the molecule is C=CCOC[C@@H](O)CN(Cc1c(C)nn(-c2ccccc2)c1Oc1cccc(F)c1)CC1CC1. The van der Waals surface area contributed by atoms with Crippen LogP contribution in [0.15, 0.2) is 67.3 Å². The lowest BCUT2D eigenvalue weighted by molar-refractivity contribution is 0.0235. The van der Waals surface area contributed by atoms with Gasteiger partial charge < -0.3 is 14.6 Å². The minimum atomic E-state index is -0.615. The number of aryl methyl sites for hydroxylation is 1. The van der Waals surface area contributed by atoms with Gasteiger partial charge in [-0.2, -0.15) is 5.10 Å². The topological polar surface area (TPSA) is 59.8 Å². The van der Waals surface area contributed by atoms with Gasteiger partial charge in [0.25, 0.3) is 0 Å². The minimum Gasteiger partial charge on any atom is -0.438 e. The van der Waals surface area contributed by atoms with Crippen molar-refractivity contribution in [3.63, 3.8) is 0 Å². The Kier molecular flexibility index (Phi) is 8.11. The van der Waals surface area contributed by atoms with Crippen LogP contribution >= 0.6 is 0 Å². The molecule has 1 N–H and O–H groups in total. The number of aromatic nitrogens is 2. The van der Waals surface area contributed by atoms with Gasteiger partial charge in [-0.3, -0.25) is 4.90 Å². The second-order valence-corrected chi connectivity index (χ2v) is 8.79. The predicted molar refractivity (Wildman–Crippen MR) is 130 cm³/mol. The smallest absolute Gasteiger partial charge is 0.227 e. The van der Waals surface area contributed by atoms with Crippen LogP contribution in [0.3, 0.4) is 0 Å². The molecular formula is C27H32FN3O3. The van der Waals surface area contributed by atoms with E-state index in [4.69, 9.17) is 14.6 Å². The normalized spacial score (nSPS) is 14.4. The zero-order chi connectivity index (χ0) is 23.9. The molecule has 0 saturated heterocycles. The predicted octanol–water partition coefficient (Wildman–Crippen LogP) is 4.89. The Morgan fingerprint density at radius 2 is 2.03 bits per heavy atom. The quantitative estimate of drug-likeness (QED) is 0.288. The lowest BCUT2D eigenvalue weighted by atomic mass is 10.2. The summed E-state index contributed by atoms with van der Waals surface area (Å²) in [7, 11) is 0. The van der Waals surface area contributed by atoms with E-state index in [0.717, 1.165) is 23.5 Å². The first-order valence-electron chi connectivity index (χ1n) is 11.7. The summed E-state index contributed by atoms with van der Waals surface area (Å²) in [5.41, 5.74) is 2.59. The summed E-state index contributed by atoms with van der Waals surface area (Å²) >= 11 is 0. The van der Waals surface area contributed by atoms with Crippen LogP contribution in [0.4, 0.5) is 4.39 Å². The van der Waals surface area contributed by atoms with Crippen molar-refractivity contribution >= 4 is 0 Å². The molecule has 180 valence electrons. The summed E-state index contributed by atoms with van der Waals surface area (Å²) < 4.78 is 27.3. The lowest BCUT2D eigenvalue weighted by Gasteiger charge is -2.25. The van der Waals surface area contributed by atoms with E-state index in [2.05, 4.69) is 11.5 Å². The maximum absolute atomic E-state index is 13.9. The standard InChI is InChI=1S/C27H32FN3O3/c1-3-14-33-19-24(32)17-30(16-21-12-13-21)18-26-20(2)29-31(23-9-5-4-6-10-23)27(26)34-25-11-7-8-22(28)15-25/h3-11,15,21,24,32H,1,12-14,16-19H2,2H3/t24-/m0/s1. The number of hydrogen-bond donors (Lipinski definition) is 1. The van der Waals surface area contributed by atoms with Crippen molar-refractivity contribution in [3.05, 3.63) is 84.3 Å². The van der Waals surface area contributed by atoms with Gasteiger partial charge in [0.15, 0.2) is 0 Å². The third kappa shape index (κ3) is 6.53. The molecular weight excluding hydrogens is 433 g/mol. The zero-order valence-electron chi connectivity index (χ0n) is 19.6. The van der Waals surface area contributed by atoms with Gasteiger partial charge in [-0.25, -0.2) is 9.07 Å². The molecule has 34 heavy (non-hydrogen) atoms. The van der Waals surface area contributed by atoms with Crippen LogP contribution in [0.1, 0.15) is 24.1 Å². The summed E-state index contributed by atoms with van der Waals surface area (Å²) in [6.45, 7) is 8.17. The molecule has 6 nitrogen and oxygen atoms in total. The second-order valence-electron chi connectivity index (χ2n) is 8.79. The number of benzene rings is 2. The Labute approximate surface area is 200 Å². The van der Waals surface area contributed by atoms with Crippen molar-refractivity contribution < 1.29 is 19.0 Å². The van der Waals surface area contributed by atoms with Crippen LogP contribution in [-0.2, 0) is 11.3 Å². The third-order valence-electron chi connectivity index (χ3n) is 5.76. The Morgan fingerprint density at radius 1 is 1.24 bits per heavy atom. The number of rotatable bonds is 13. The molecule has 0 aliphatic heterocycles. The molecule has 1 aromatic heterocycles. The number of aliphatic hydroxyl groups excluding tert-OH is 1. The highest BCUT2D eigenvalue weighted by molar-refractivity contribution is 5.43. The highest BCUT2D eigenvalue weighted by atomic mass is 19.1. The highest BCUT2D eigenvalue weighted by Crippen LogP contribution is 2.34. The number of aliphatic hydroxyl groups is 1. The van der Waals surface area contributed by atoms with Crippen LogP contribution in [-0.4, -0.2) is 52.2 Å². The van der Waals surface area contributed by atoms with Crippen molar-refractivity contribution in [3.8, 4) is 17.3 Å². The van der Waals surface area contributed by atoms with E-state index in [1.807, 2.05) is 37.3 Å². The minimum absolute atomic E-state index is 0.252. The Balaban J connectivity index is 1.63. The van der Waals surface area contributed by atoms with Gasteiger partial charge in [-0.1, -0.05) is 30.3 Å². The van der Waals surface area contributed by atoms with E-state index < -0.39 is 6.10 Å². The fourth-order valence-electron chi connectivity index (χ4n) is 3.94. The second kappa shape index (κ2) is 11.4. The zero-order valence-corrected chi connectivity index (χ0v) is 19.6. The fraction of sp³-hybridized carbons (Fsp3) is 0.370. The molecule has 0 bridgehead atoms. The van der Waals surface area contributed by atoms with Crippen LogP contribution in [0, 0.1) is 18.7 Å². The number of para-hydroxylation sites is 1. The number of nitrogens with zero attached hydrogens (tertiary/aromatic N) is 3. The van der Waals surface area contributed by atoms with E-state index in [0.29, 0.717) is 37.2 Å². The Hall–Kier alpha value is -3.00. The van der Waals surface area contributed by atoms with E-state index in [9.17, 15) is 9.50 Å². The molecule has 0 radical (unpaired) electrons. The van der Waals surface area contributed by atoms with Crippen molar-refractivity contribution in [1.29, 1.82) is 0 Å². The van der Waals surface area contributed by atoms with E-state index in [-0.39, 0.29) is 12.4 Å². The van der Waals surface area contributed by atoms with Crippen molar-refractivity contribution in [2.75, 3.05) is 26.3 Å². The highest BCUT2D eigenvalue weighted by Gasteiger charge is 2.28. The van der Waals surface area contributed by atoms with Crippen LogP contribution in [0.5, 0.6) is 11.6 Å². The van der Waals surface area contributed by atoms with Gasteiger partial charge in [-0.15, -0.1) is 6.58 Å². The molecule has 7 heteroatoms. The maximum Gasteiger partial charge on any atom is 0.227 e. The first-order chi connectivity index (χ1) is 16.5. The number of hydrogen-bond acceptors (Lipinski definition) is 5. The molecule has 1 atom stereocenters. The van der Waals surface area contributed by atoms with Crippen molar-refractivity contribution in [1.82, 2.24) is 14.7 Å². The van der Waals surface area contributed by atoms with Crippen LogP contribution in [0.2, 0.25) is 0 Å². The Morgan fingerprint density at radius 3 is 2.74 bits per heavy atom. The first kappa shape index (κ1) is 24.1. The molecule has 4 rings (SSSR count). The summed E-state index contributed by atoms with van der Waals surface area (Å²) in [5, 5.41) is 15.3. The maximum atomic E-state index is 13.9. The van der Waals surface area contributed by atoms with Crippen LogP contribution in [0.25, 0.3) is 5.69 Å². The molecule has 0 unspecified atom stereocenters. The van der Waals surface area contributed by atoms with Gasteiger partial charge in [0.2, 0.25) is 5.88 Å². The third-order valence-corrected chi connectivity index (χ3v) is 5.76. The molecule has 1 aliphatic carbocycles. The van der Waals surface area contributed by atoms with Gasteiger partial charge in [0.1, 0.15) is 11.6 Å². The molecule has 1 saturated carbocycles. The molecule has 1 aliphatic rings. The van der Waals surface area contributed by atoms with Gasteiger partial charge in [0.05, 0.1) is 36.3 Å². The van der Waals surface area contributed by atoms with Crippen molar-refractivity contribution in [2.24, 2.45) is 5.92 Å². The first-order valence-corrected chi connectivity index (χ1v) is 11.7. The molecule has 0 amide bonds. The van der Waals surface area contributed by atoms with E-state index >= 15 is 0 Å². The monoisotopic (exact) mass is 465 g/mol. The summed E-state index contributed by atoms with van der Waals surface area (Å²) in [5.74, 6) is 1.23. The van der Waals surface area contributed by atoms with Gasteiger partial charge in [-0.05, 0) is 49.9 Å². The average molecular weight is 466 g/mol. The fourth-order valence-corrected chi connectivity index (χ4v) is 3.94. The molecule has 3 aromatic rings. The number of ether oxygens (including phenoxy) is 2. The molecule has 0 spiro atoms. The van der Waals surface area contributed by atoms with E-state index in [1.165, 1.54) is 25.0 Å². The van der Waals surface area contributed by atoms with Crippen LogP contribution < -0.4 is 4.74 Å². The molecule has 2 aromatic carbocycles. The average Bonchev–Trinajstić information content (AvgIpc) is 3.59. The molecule has 1 fully saturated rings. The Bertz CT molecular complexity index is 1080. The van der Waals surface area contributed by atoms with Gasteiger partial charge >= 0.3 is 0 Å². The number of halogens is 1. The van der Waals surface area contributed by atoms with Crippen molar-refractivity contribution in [2.45, 2.75) is 32.4 Å². The lowest BCUT2D eigenvalue weighted by Crippen LogP contribution is -2.36. The molecule has 1 heterocycles.